The Morgan fingerprint density at radius 2 is 1.88 bits per heavy atom. The molecule has 0 atom stereocenters. The molecular weight excluding hydrogens is 443 g/mol. The lowest BCUT2D eigenvalue weighted by atomic mass is 10.1. The first-order valence-electron chi connectivity index (χ1n) is 6.87. The van der Waals surface area contributed by atoms with Crippen LogP contribution < -0.4 is 0 Å². The highest BCUT2D eigenvalue weighted by atomic mass is 127. The van der Waals surface area contributed by atoms with E-state index in [4.69, 9.17) is 16.0 Å². The Labute approximate surface area is 156 Å². The first-order chi connectivity index (χ1) is 11.5. The molecule has 7 heteroatoms. The summed E-state index contributed by atoms with van der Waals surface area (Å²) in [5.41, 5.74) is 1.24. The van der Waals surface area contributed by atoms with Crippen molar-refractivity contribution < 1.29 is 9.34 Å². The van der Waals surface area contributed by atoms with Gasteiger partial charge in [-0.25, -0.2) is 0 Å². The lowest BCUT2D eigenvalue weighted by Crippen LogP contribution is -1.88. The number of nitro benzene ring substituents is 1. The summed E-state index contributed by atoms with van der Waals surface area (Å²) in [5, 5.41) is 11.3. The molecule has 3 aromatic rings. The third-order valence-corrected chi connectivity index (χ3v) is 4.27. The van der Waals surface area contributed by atoms with E-state index in [2.05, 4.69) is 27.6 Å². The molecule has 0 N–H and O–H groups in total. The minimum Gasteiger partial charge on any atom is -0.455 e. The first-order valence-corrected chi connectivity index (χ1v) is 8.32. The van der Waals surface area contributed by atoms with Crippen LogP contribution in [0.4, 0.5) is 11.4 Å². The smallest absolute Gasteiger partial charge is 0.270 e. The SMILES string of the molecule is O=[N+]([O-])c1ccc(Cl)c(-c2ccc(C=Nc3ccc(I)cc3)o2)c1. The molecule has 0 amide bonds. The Morgan fingerprint density at radius 1 is 1.12 bits per heavy atom. The van der Waals surface area contributed by atoms with Gasteiger partial charge in [-0.3, -0.25) is 15.1 Å². The van der Waals surface area contributed by atoms with Gasteiger partial charge in [0.05, 0.1) is 21.8 Å². The van der Waals surface area contributed by atoms with Crippen molar-refractivity contribution in [3.8, 4) is 11.3 Å². The highest BCUT2D eigenvalue weighted by Crippen LogP contribution is 2.32. The van der Waals surface area contributed by atoms with Crippen molar-refractivity contribution in [2.75, 3.05) is 0 Å². The molecule has 0 aliphatic heterocycles. The summed E-state index contributed by atoms with van der Waals surface area (Å²) in [6, 6.07) is 15.4. The number of benzene rings is 2. The molecule has 0 aliphatic carbocycles. The molecule has 0 aliphatic rings. The Hall–Kier alpha value is -2.19. The highest BCUT2D eigenvalue weighted by Gasteiger charge is 2.14. The summed E-state index contributed by atoms with van der Waals surface area (Å²) < 4.78 is 6.80. The molecule has 3 rings (SSSR count). The molecule has 0 unspecified atom stereocenters. The topological polar surface area (TPSA) is 68.6 Å². The fourth-order valence-corrected chi connectivity index (χ4v) is 2.62. The Bertz CT molecular complexity index is 920. The monoisotopic (exact) mass is 452 g/mol. The molecule has 2 aromatic carbocycles. The molecule has 24 heavy (non-hydrogen) atoms. The number of furan rings is 1. The molecule has 1 heterocycles. The van der Waals surface area contributed by atoms with Gasteiger partial charge in [0.25, 0.3) is 5.69 Å². The van der Waals surface area contributed by atoms with Gasteiger partial charge in [0, 0.05) is 21.3 Å². The van der Waals surface area contributed by atoms with Gasteiger partial charge in [-0.05, 0) is 65.1 Å². The van der Waals surface area contributed by atoms with Crippen molar-refractivity contribution in [2.24, 2.45) is 4.99 Å². The van der Waals surface area contributed by atoms with Crippen molar-refractivity contribution in [3.05, 3.63) is 79.1 Å². The molecule has 0 spiro atoms. The summed E-state index contributed by atoms with van der Waals surface area (Å²) >= 11 is 8.34. The van der Waals surface area contributed by atoms with Gasteiger partial charge < -0.3 is 4.42 Å². The Kier molecular flexibility index (Phi) is 4.96. The summed E-state index contributed by atoms with van der Waals surface area (Å²) in [5.74, 6) is 0.985. The molecule has 0 bridgehead atoms. The molecular formula is C17H10ClIN2O3. The van der Waals surface area contributed by atoms with Crippen LogP contribution in [0.5, 0.6) is 0 Å². The van der Waals surface area contributed by atoms with Gasteiger partial charge in [0.2, 0.25) is 0 Å². The van der Waals surface area contributed by atoms with E-state index in [1.165, 1.54) is 18.2 Å². The number of hydrogen-bond donors (Lipinski definition) is 0. The Morgan fingerprint density at radius 3 is 2.58 bits per heavy atom. The van der Waals surface area contributed by atoms with Crippen LogP contribution in [-0.2, 0) is 0 Å². The lowest BCUT2D eigenvalue weighted by Gasteiger charge is -2.00. The van der Waals surface area contributed by atoms with Gasteiger partial charge in [-0.15, -0.1) is 0 Å². The summed E-state index contributed by atoms with van der Waals surface area (Å²) in [4.78, 5) is 14.8. The van der Waals surface area contributed by atoms with Gasteiger partial charge in [0.1, 0.15) is 11.5 Å². The fraction of sp³-hybridized carbons (Fsp3) is 0. The van der Waals surface area contributed by atoms with E-state index in [0.29, 0.717) is 22.1 Å². The van der Waals surface area contributed by atoms with Gasteiger partial charge in [0.15, 0.2) is 0 Å². The average molecular weight is 453 g/mol. The van der Waals surface area contributed by atoms with Crippen LogP contribution in [-0.4, -0.2) is 11.1 Å². The van der Waals surface area contributed by atoms with Crippen molar-refractivity contribution in [2.45, 2.75) is 0 Å². The van der Waals surface area contributed by atoms with Crippen LogP contribution in [0, 0.1) is 13.7 Å². The molecule has 120 valence electrons. The van der Waals surface area contributed by atoms with Gasteiger partial charge in [-0.2, -0.15) is 0 Å². The van der Waals surface area contributed by atoms with E-state index < -0.39 is 4.92 Å². The predicted octanol–water partition coefficient (Wildman–Crippen LogP) is 5.86. The van der Waals surface area contributed by atoms with E-state index in [9.17, 15) is 10.1 Å². The van der Waals surface area contributed by atoms with Crippen LogP contribution in [0.15, 0.2) is 64.0 Å². The third kappa shape index (κ3) is 3.82. The zero-order chi connectivity index (χ0) is 17.1. The molecule has 0 fully saturated rings. The molecule has 5 nitrogen and oxygen atoms in total. The first kappa shape index (κ1) is 16.7. The fourth-order valence-electron chi connectivity index (χ4n) is 2.05. The second-order valence-corrected chi connectivity index (χ2v) is 6.51. The number of aliphatic imine (C=N–C) groups is 1. The minimum absolute atomic E-state index is 0.0418. The molecule has 0 saturated carbocycles. The van der Waals surface area contributed by atoms with Crippen LogP contribution in [0.1, 0.15) is 5.76 Å². The van der Waals surface area contributed by atoms with E-state index in [-0.39, 0.29) is 5.69 Å². The van der Waals surface area contributed by atoms with E-state index in [1.807, 2.05) is 24.3 Å². The second kappa shape index (κ2) is 7.14. The van der Waals surface area contributed by atoms with E-state index >= 15 is 0 Å². The quantitative estimate of drug-likeness (QED) is 0.215. The zero-order valence-electron chi connectivity index (χ0n) is 12.1. The van der Waals surface area contributed by atoms with Crippen LogP contribution in [0.3, 0.4) is 0 Å². The van der Waals surface area contributed by atoms with E-state index in [1.54, 1.807) is 18.3 Å². The predicted molar refractivity (Wildman–Crippen MR) is 102 cm³/mol. The number of nitrogens with zero attached hydrogens (tertiary/aromatic N) is 2. The highest BCUT2D eigenvalue weighted by molar-refractivity contribution is 14.1. The van der Waals surface area contributed by atoms with Crippen molar-refractivity contribution in [1.82, 2.24) is 0 Å². The second-order valence-electron chi connectivity index (χ2n) is 4.86. The molecule has 1 aromatic heterocycles. The van der Waals surface area contributed by atoms with Crippen molar-refractivity contribution >= 4 is 51.8 Å². The third-order valence-electron chi connectivity index (χ3n) is 3.22. The maximum atomic E-state index is 10.9. The molecule has 0 radical (unpaired) electrons. The lowest BCUT2D eigenvalue weighted by molar-refractivity contribution is -0.384. The van der Waals surface area contributed by atoms with Crippen molar-refractivity contribution in [3.63, 3.8) is 0 Å². The summed E-state index contributed by atoms with van der Waals surface area (Å²) in [6.45, 7) is 0. The average Bonchev–Trinajstić information content (AvgIpc) is 3.03. The van der Waals surface area contributed by atoms with Crippen LogP contribution in [0.2, 0.25) is 5.02 Å². The van der Waals surface area contributed by atoms with Crippen molar-refractivity contribution in [1.29, 1.82) is 0 Å². The minimum atomic E-state index is -0.470. The largest absolute Gasteiger partial charge is 0.455 e. The number of rotatable bonds is 4. The van der Waals surface area contributed by atoms with Crippen LogP contribution in [0.25, 0.3) is 11.3 Å². The normalized spacial score (nSPS) is 11.1. The number of halogens is 2. The molecule has 0 saturated heterocycles. The maximum Gasteiger partial charge on any atom is 0.270 e. The Balaban J connectivity index is 1.87. The summed E-state index contributed by atoms with van der Waals surface area (Å²) in [6.07, 6.45) is 1.59. The van der Waals surface area contributed by atoms with E-state index in [0.717, 1.165) is 9.26 Å². The van der Waals surface area contributed by atoms with Crippen LogP contribution >= 0.6 is 34.2 Å². The standard InChI is InChI=1S/C17H10ClIN2O3/c18-16-7-5-13(21(22)23)9-15(16)17-8-6-14(24-17)10-20-12-3-1-11(19)2-4-12/h1-10H. The number of hydrogen-bond acceptors (Lipinski definition) is 4. The van der Waals surface area contributed by atoms with Gasteiger partial charge in [-0.1, -0.05) is 11.6 Å². The zero-order valence-corrected chi connectivity index (χ0v) is 15.1. The maximum absolute atomic E-state index is 10.9. The number of non-ortho nitro benzene ring substituents is 1. The summed E-state index contributed by atoms with van der Waals surface area (Å²) in [7, 11) is 0. The number of nitro groups is 1. The van der Waals surface area contributed by atoms with Gasteiger partial charge >= 0.3 is 0 Å².